The second-order valence-corrected chi connectivity index (χ2v) is 7.31. The van der Waals surface area contributed by atoms with Gasteiger partial charge >= 0.3 is 0 Å². The zero-order valence-corrected chi connectivity index (χ0v) is 16.3. The number of amides is 1. The lowest BCUT2D eigenvalue weighted by atomic mass is 10.2. The minimum atomic E-state index is -0.187. The van der Waals surface area contributed by atoms with Crippen molar-refractivity contribution in [1.82, 2.24) is 19.3 Å². The highest BCUT2D eigenvalue weighted by molar-refractivity contribution is 9.10. The third-order valence-corrected chi connectivity index (χ3v) is 5.24. The highest BCUT2D eigenvalue weighted by Crippen LogP contribution is 2.31. The van der Waals surface area contributed by atoms with Gasteiger partial charge in [-0.2, -0.15) is 5.10 Å². The standard InChI is InChI=1S/C19H18BrN5O/c1-11(2)25-18-12(9-22-25)8-13(10-21-18)23-19(26)17-16(20)14-6-4-5-7-15(14)24(17)3/h4-11H,1-3H3,(H,23,26). The molecule has 0 saturated heterocycles. The van der Waals surface area contributed by atoms with Gasteiger partial charge in [0.05, 0.1) is 22.6 Å². The number of carbonyl (C=O) groups excluding carboxylic acids is 1. The van der Waals surface area contributed by atoms with Gasteiger partial charge in [-0.25, -0.2) is 9.67 Å². The summed E-state index contributed by atoms with van der Waals surface area (Å²) >= 11 is 3.57. The van der Waals surface area contributed by atoms with Crippen LogP contribution >= 0.6 is 15.9 Å². The van der Waals surface area contributed by atoms with Crippen LogP contribution in [-0.2, 0) is 7.05 Å². The number of aromatic nitrogens is 4. The van der Waals surface area contributed by atoms with Crippen molar-refractivity contribution in [2.24, 2.45) is 7.05 Å². The van der Waals surface area contributed by atoms with Crippen molar-refractivity contribution >= 4 is 49.5 Å². The third kappa shape index (κ3) is 2.59. The van der Waals surface area contributed by atoms with Crippen LogP contribution in [0.5, 0.6) is 0 Å². The van der Waals surface area contributed by atoms with E-state index in [0.29, 0.717) is 11.4 Å². The number of benzene rings is 1. The first-order valence-corrected chi connectivity index (χ1v) is 9.14. The molecule has 3 heterocycles. The van der Waals surface area contributed by atoms with Gasteiger partial charge in [-0.05, 0) is 41.9 Å². The fourth-order valence-electron chi connectivity index (χ4n) is 3.18. The van der Waals surface area contributed by atoms with Gasteiger partial charge in [-0.1, -0.05) is 18.2 Å². The van der Waals surface area contributed by atoms with Crippen LogP contribution in [0.25, 0.3) is 21.9 Å². The molecule has 1 amide bonds. The van der Waals surface area contributed by atoms with Gasteiger partial charge < -0.3 is 9.88 Å². The summed E-state index contributed by atoms with van der Waals surface area (Å²) < 4.78 is 4.54. The van der Waals surface area contributed by atoms with Crippen LogP contribution in [0.1, 0.15) is 30.4 Å². The van der Waals surface area contributed by atoms with Crippen molar-refractivity contribution in [1.29, 1.82) is 0 Å². The van der Waals surface area contributed by atoms with E-state index in [0.717, 1.165) is 26.4 Å². The molecule has 4 aromatic rings. The number of rotatable bonds is 3. The van der Waals surface area contributed by atoms with Gasteiger partial charge in [0.1, 0.15) is 5.69 Å². The molecule has 3 aromatic heterocycles. The molecule has 26 heavy (non-hydrogen) atoms. The number of anilines is 1. The number of halogens is 1. The van der Waals surface area contributed by atoms with Gasteiger partial charge in [-0.15, -0.1) is 0 Å². The number of para-hydroxylation sites is 1. The number of aryl methyl sites for hydroxylation is 1. The number of hydrogen-bond acceptors (Lipinski definition) is 3. The van der Waals surface area contributed by atoms with Crippen LogP contribution in [0, 0.1) is 0 Å². The Bertz CT molecular complexity index is 1100. The molecule has 6 nitrogen and oxygen atoms in total. The average Bonchev–Trinajstić information content (AvgIpc) is 3.15. The van der Waals surface area contributed by atoms with Crippen molar-refractivity contribution in [3.05, 3.63) is 52.9 Å². The van der Waals surface area contributed by atoms with Crippen LogP contribution in [0.3, 0.4) is 0 Å². The molecule has 4 rings (SSSR count). The average molecular weight is 412 g/mol. The Morgan fingerprint density at radius 1 is 1.23 bits per heavy atom. The Hall–Kier alpha value is -2.67. The second-order valence-electron chi connectivity index (χ2n) is 6.51. The Morgan fingerprint density at radius 3 is 2.73 bits per heavy atom. The molecular weight excluding hydrogens is 394 g/mol. The largest absolute Gasteiger partial charge is 0.339 e. The molecule has 1 aromatic carbocycles. The fraction of sp³-hybridized carbons (Fsp3) is 0.211. The molecule has 0 unspecified atom stereocenters. The van der Waals surface area contributed by atoms with Crippen molar-refractivity contribution < 1.29 is 4.79 Å². The first kappa shape index (κ1) is 16.8. The van der Waals surface area contributed by atoms with E-state index in [-0.39, 0.29) is 11.9 Å². The van der Waals surface area contributed by atoms with Crippen LogP contribution in [0.2, 0.25) is 0 Å². The molecule has 0 spiro atoms. The predicted molar refractivity (Wildman–Crippen MR) is 106 cm³/mol. The smallest absolute Gasteiger partial charge is 0.273 e. The SMILES string of the molecule is CC(C)n1ncc2cc(NC(=O)c3c(Br)c4ccccc4n3C)cnc21. The third-order valence-electron chi connectivity index (χ3n) is 4.44. The summed E-state index contributed by atoms with van der Waals surface area (Å²) in [5.41, 5.74) is 3.02. The molecule has 0 aliphatic heterocycles. The number of nitrogens with one attached hydrogen (secondary N) is 1. The quantitative estimate of drug-likeness (QED) is 0.538. The number of fused-ring (bicyclic) bond motifs is 2. The first-order valence-electron chi connectivity index (χ1n) is 8.35. The van der Waals surface area contributed by atoms with Crippen LogP contribution in [-0.4, -0.2) is 25.2 Å². The van der Waals surface area contributed by atoms with E-state index >= 15 is 0 Å². The highest BCUT2D eigenvalue weighted by Gasteiger charge is 2.19. The molecule has 0 fully saturated rings. The molecule has 132 valence electrons. The van der Waals surface area contributed by atoms with Crippen molar-refractivity contribution in [2.45, 2.75) is 19.9 Å². The van der Waals surface area contributed by atoms with E-state index in [1.54, 1.807) is 12.4 Å². The fourth-order valence-corrected chi connectivity index (χ4v) is 3.96. The maximum absolute atomic E-state index is 12.9. The lowest BCUT2D eigenvalue weighted by Crippen LogP contribution is -2.16. The molecule has 0 radical (unpaired) electrons. The summed E-state index contributed by atoms with van der Waals surface area (Å²) in [4.78, 5) is 17.3. The summed E-state index contributed by atoms with van der Waals surface area (Å²) in [5.74, 6) is -0.187. The van der Waals surface area contributed by atoms with Gasteiger partial charge in [0.15, 0.2) is 5.65 Å². The normalized spacial score (nSPS) is 11.6. The molecule has 0 bridgehead atoms. The van der Waals surface area contributed by atoms with E-state index < -0.39 is 0 Å². The molecule has 7 heteroatoms. The highest BCUT2D eigenvalue weighted by atomic mass is 79.9. The minimum absolute atomic E-state index is 0.187. The van der Waals surface area contributed by atoms with E-state index in [1.807, 2.05) is 46.6 Å². The molecular formula is C19H18BrN5O. The Labute approximate surface area is 159 Å². The summed E-state index contributed by atoms with van der Waals surface area (Å²) in [5, 5.41) is 9.20. The van der Waals surface area contributed by atoms with Gasteiger partial charge in [0.25, 0.3) is 5.91 Å². The summed E-state index contributed by atoms with van der Waals surface area (Å²) in [6.45, 7) is 4.11. The molecule has 1 N–H and O–H groups in total. The molecule has 0 aliphatic carbocycles. The molecule has 0 atom stereocenters. The summed E-state index contributed by atoms with van der Waals surface area (Å²) in [7, 11) is 1.89. The second kappa shape index (κ2) is 6.25. The number of carbonyl (C=O) groups is 1. The van der Waals surface area contributed by atoms with E-state index in [2.05, 4.69) is 45.2 Å². The first-order chi connectivity index (χ1) is 12.5. The van der Waals surface area contributed by atoms with Gasteiger partial charge in [0, 0.05) is 29.4 Å². The van der Waals surface area contributed by atoms with Gasteiger partial charge in [-0.3, -0.25) is 4.79 Å². The van der Waals surface area contributed by atoms with E-state index in [1.165, 1.54) is 0 Å². The Balaban J connectivity index is 1.70. The van der Waals surface area contributed by atoms with Crippen molar-refractivity contribution in [3.63, 3.8) is 0 Å². The van der Waals surface area contributed by atoms with Gasteiger partial charge in [0.2, 0.25) is 0 Å². The number of hydrogen-bond donors (Lipinski definition) is 1. The van der Waals surface area contributed by atoms with E-state index in [9.17, 15) is 4.79 Å². The maximum atomic E-state index is 12.9. The molecule has 0 saturated carbocycles. The maximum Gasteiger partial charge on any atom is 0.273 e. The monoisotopic (exact) mass is 411 g/mol. The van der Waals surface area contributed by atoms with Crippen LogP contribution in [0.4, 0.5) is 5.69 Å². The number of nitrogens with zero attached hydrogens (tertiary/aromatic N) is 4. The lowest BCUT2D eigenvalue weighted by molar-refractivity contribution is 0.101. The zero-order valence-electron chi connectivity index (χ0n) is 14.7. The minimum Gasteiger partial charge on any atom is -0.339 e. The van der Waals surface area contributed by atoms with Crippen LogP contribution < -0.4 is 5.32 Å². The zero-order chi connectivity index (χ0) is 18.4. The lowest BCUT2D eigenvalue weighted by Gasteiger charge is -2.09. The van der Waals surface area contributed by atoms with Crippen molar-refractivity contribution in [3.8, 4) is 0 Å². The molecule has 0 aliphatic rings. The summed E-state index contributed by atoms with van der Waals surface area (Å²) in [6.07, 6.45) is 3.43. The number of pyridine rings is 1. The van der Waals surface area contributed by atoms with Crippen molar-refractivity contribution in [2.75, 3.05) is 5.32 Å². The van der Waals surface area contributed by atoms with Crippen LogP contribution in [0.15, 0.2) is 47.2 Å². The predicted octanol–water partition coefficient (Wildman–Crippen LogP) is 4.52. The van der Waals surface area contributed by atoms with E-state index in [4.69, 9.17) is 0 Å². The Kier molecular flexibility index (Phi) is 4.03. The Morgan fingerprint density at radius 2 is 2.00 bits per heavy atom. The topological polar surface area (TPSA) is 64.7 Å². The summed E-state index contributed by atoms with van der Waals surface area (Å²) in [6, 6.07) is 10.0.